The number of carboxylic acids is 1. The van der Waals surface area contributed by atoms with E-state index in [1.807, 2.05) is 12.1 Å². The second kappa shape index (κ2) is 5.18. The van der Waals surface area contributed by atoms with Gasteiger partial charge in [-0.2, -0.15) is 0 Å². The van der Waals surface area contributed by atoms with E-state index in [2.05, 4.69) is 5.32 Å². The standard InChI is InChI=1S/C11H13NO3.ClH/c1-15-8-2-3-9-7(6-8)4-5-12-10(9)11(13)14;/h2-3,6,10,12H,4-5H2,1H3,(H,13,14);1H/t10-;/m0./s1. The number of benzene rings is 1. The van der Waals surface area contributed by atoms with Gasteiger partial charge in [0.15, 0.2) is 0 Å². The minimum atomic E-state index is -0.832. The third-order valence-electron chi connectivity index (χ3n) is 2.65. The maximum absolute atomic E-state index is 11.0. The minimum absolute atomic E-state index is 0. The maximum atomic E-state index is 11.0. The summed E-state index contributed by atoms with van der Waals surface area (Å²) < 4.78 is 5.11. The average Bonchev–Trinajstić information content (AvgIpc) is 2.27. The fourth-order valence-corrected chi connectivity index (χ4v) is 1.89. The Bertz CT molecular complexity index is 395. The molecule has 0 saturated heterocycles. The van der Waals surface area contributed by atoms with Gasteiger partial charge < -0.3 is 15.2 Å². The number of ether oxygens (including phenoxy) is 1. The monoisotopic (exact) mass is 243 g/mol. The molecule has 2 rings (SSSR count). The summed E-state index contributed by atoms with van der Waals surface area (Å²) in [6, 6.07) is 4.94. The zero-order chi connectivity index (χ0) is 10.8. The van der Waals surface area contributed by atoms with Crippen molar-refractivity contribution < 1.29 is 14.6 Å². The molecule has 0 bridgehead atoms. The first-order chi connectivity index (χ1) is 7.22. The van der Waals surface area contributed by atoms with E-state index in [0.29, 0.717) is 6.54 Å². The van der Waals surface area contributed by atoms with Gasteiger partial charge >= 0.3 is 5.97 Å². The first-order valence-electron chi connectivity index (χ1n) is 4.85. The van der Waals surface area contributed by atoms with Gasteiger partial charge in [0.25, 0.3) is 0 Å². The number of rotatable bonds is 2. The van der Waals surface area contributed by atoms with Gasteiger partial charge in [-0.1, -0.05) is 6.07 Å². The van der Waals surface area contributed by atoms with Crippen LogP contribution in [0.5, 0.6) is 5.75 Å². The number of hydrogen-bond acceptors (Lipinski definition) is 3. The molecular weight excluding hydrogens is 230 g/mol. The molecule has 0 amide bonds. The number of nitrogens with one attached hydrogen (secondary N) is 1. The second-order valence-electron chi connectivity index (χ2n) is 3.54. The van der Waals surface area contributed by atoms with Crippen molar-refractivity contribution in [3.8, 4) is 5.75 Å². The summed E-state index contributed by atoms with van der Waals surface area (Å²) in [5, 5.41) is 12.0. The Hall–Kier alpha value is -1.26. The lowest BCUT2D eigenvalue weighted by Gasteiger charge is -2.24. The van der Waals surface area contributed by atoms with Gasteiger partial charge in [-0.3, -0.25) is 4.79 Å². The number of fused-ring (bicyclic) bond motifs is 1. The van der Waals surface area contributed by atoms with E-state index in [0.717, 1.165) is 23.3 Å². The van der Waals surface area contributed by atoms with Crippen LogP contribution >= 0.6 is 12.4 Å². The van der Waals surface area contributed by atoms with Crippen LogP contribution < -0.4 is 10.1 Å². The van der Waals surface area contributed by atoms with Crippen LogP contribution in [0.1, 0.15) is 17.2 Å². The van der Waals surface area contributed by atoms with Crippen molar-refractivity contribution in [1.82, 2.24) is 5.32 Å². The molecule has 1 heterocycles. The quantitative estimate of drug-likeness (QED) is 0.824. The van der Waals surface area contributed by atoms with Gasteiger partial charge in [0.2, 0.25) is 0 Å². The smallest absolute Gasteiger partial charge is 0.325 e. The molecule has 0 saturated carbocycles. The first-order valence-corrected chi connectivity index (χ1v) is 4.85. The van der Waals surface area contributed by atoms with Crippen molar-refractivity contribution in [3.05, 3.63) is 29.3 Å². The van der Waals surface area contributed by atoms with E-state index < -0.39 is 12.0 Å². The van der Waals surface area contributed by atoms with E-state index in [1.165, 1.54) is 0 Å². The number of aliphatic carboxylic acids is 1. The second-order valence-corrected chi connectivity index (χ2v) is 3.54. The van der Waals surface area contributed by atoms with E-state index in [4.69, 9.17) is 9.84 Å². The summed E-state index contributed by atoms with van der Waals surface area (Å²) in [5.74, 6) is -0.0547. The van der Waals surface area contributed by atoms with Crippen LogP contribution in [0.2, 0.25) is 0 Å². The molecule has 0 unspecified atom stereocenters. The van der Waals surface area contributed by atoms with Gasteiger partial charge in [0.1, 0.15) is 11.8 Å². The molecule has 1 aliphatic rings. The molecule has 0 aliphatic carbocycles. The molecule has 0 spiro atoms. The van der Waals surface area contributed by atoms with Crippen LogP contribution in [0.25, 0.3) is 0 Å². The SMILES string of the molecule is COc1ccc2c(c1)CCN[C@@H]2C(=O)O.Cl. The lowest BCUT2D eigenvalue weighted by Crippen LogP contribution is -2.34. The molecule has 16 heavy (non-hydrogen) atoms. The predicted octanol–water partition coefficient (Wildman–Crippen LogP) is 1.39. The molecule has 2 N–H and O–H groups in total. The van der Waals surface area contributed by atoms with Crippen molar-refractivity contribution in [1.29, 1.82) is 0 Å². The van der Waals surface area contributed by atoms with Crippen molar-refractivity contribution in [2.75, 3.05) is 13.7 Å². The third kappa shape index (κ3) is 2.28. The van der Waals surface area contributed by atoms with Crippen LogP contribution in [0.3, 0.4) is 0 Å². The summed E-state index contributed by atoms with van der Waals surface area (Å²) >= 11 is 0. The van der Waals surface area contributed by atoms with E-state index in [1.54, 1.807) is 13.2 Å². The molecular formula is C11H14ClNO3. The highest BCUT2D eigenvalue weighted by molar-refractivity contribution is 5.85. The molecule has 0 radical (unpaired) electrons. The van der Waals surface area contributed by atoms with Crippen molar-refractivity contribution >= 4 is 18.4 Å². The van der Waals surface area contributed by atoms with Crippen molar-refractivity contribution in [2.24, 2.45) is 0 Å². The highest BCUT2D eigenvalue weighted by Crippen LogP contribution is 2.26. The largest absolute Gasteiger partial charge is 0.497 e. The van der Waals surface area contributed by atoms with E-state index >= 15 is 0 Å². The lowest BCUT2D eigenvalue weighted by molar-refractivity contribution is -0.139. The Balaban J connectivity index is 0.00000128. The fourth-order valence-electron chi connectivity index (χ4n) is 1.89. The third-order valence-corrected chi connectivity index (χ3v) is 2.65. The summed E-state index contributed by atoms with van der Waals surface area (Å²) in [4.78, 5) is 11.0. The van der Waals surface area contributed by atoms with Crippen molar-refractivity contribution in [2.45, 2.75) is 12.5 Å². The highest BCUT2D eigenvalue weighted by Gasteiger charge is 2.25. The number of methoxy groups -OCH3 is 1. The van der Waals surface area contributed by atoms with Crippen LogP contribution in [-0.2, 0) is 11.2 Å². The summed E-state index contributed by atoms with van der Waals surface area (Å²) in [7, 11) is 1.61. The summed E-state index contributed by atoms with van der Waals surface area (Å²) in [6.07, 6.45) is 0.844. The Labute approximate surface area is 100 Å². The van der Waals surface area contributed by atoms with Gasteiger partial charge in [-0.05, 0) is 29.7 Å². The number of halogens is 1. The van der Waals surface area contributed by atoms with Gasteiger partial charge in [-0.25, -0.2) is 0 Å². The number of carbonyl (C=O) groups is 1. The summed E-state index contributed by atoms with van der Waals surface area (Å²) in [6.45, 7) is 0.692. The van der Waals surface area contributed by atoms with E-state index in [-0.39, 0.29) is 12.4 Å². The summed E-state index contributed by atoms with van der Waals surface area (Å²) in [5.41, 5.74) is 1.90. The maximum Gasteiger partial charge on any atom is 0.325 e. The highest BCUT2D eigenvalue weighted by atomic mass is 35.5. The first kappa shape index (κ1) is 12.8. The Morgan fingerprint density at radius 2 is 2.31 bits per heavy atom. The average molecular weight is 244 g/mol. The molecule has 0 aromatic heterocycles. The van der Waals surface area contributed by atoms with Gasteiger partial charge in [0, 0.05) is 6.54 Å². The molecule has 1 aliphatic heterocycles. The minimum Gasteiger partial charge on any atom is -0.497 e. The lowest BCUT2D eigenvalue weighted by atomic mass is 9.94. The molecule has 1 atom stereocenters. The number of hydrogen-bond donors (Lipinski definition) is 2. The zero-order valence-corrected chi connectivity index (χ0v) is 9.71. The molecule has 5 heteroatoms. The van der Waals surface area contributed by atoms with Gasteiger partial charge in [-0.15, -0.1) is 12.4 Å². The Morgan fingerprint density at radius 3 is 2.94 bits per heavy atom. The topological polar surface area (TPSA) is 58.6 Å². The molecule has 1 aromatic carbocycles. The van der Waals surface area contributed by atoms with Crippen LogP contribution in [0.15, 0.2) is 18.2 Å². The van der Waals surface area contributed by atoms with Crippen LogP contribution in [-0.4, -0.2) is 24.7 Å². The predicted molar refractivity (Wildman–Crippen MR) is 62.3 cm³/mol. The molecule has 1 aromatic rings. The van der Waals surface area contributed by atoms with E-state index in [9.17, 15) is 4.79 Å². The van der Waals surface area contributed by atoms with Crippen LogP contribution in [0, 0.1) is 0 Å². The Morgan fingerprint density at radius 1 is 1.56 bits per heavy atom. The molecule has 4 nitrogen and oxygen atoms in total. The molecule has 0 fully saturated rings. The fraction of sp³-hybridized carbons (Fsp3) is 0.364. The molecule has 88 valence electrons. The van der Waals surface area contributed by atoms with Crippen LogP contribution in [0.4, 0.5) is 0 Å². The zero-order valence-electron chi connectivity index (χ0n) is 8.90. The number of carboxylic acid groups (broad SMARTS) is 1. The van der Waals surface area contributed by atoms with Gasteiger partial charge in [0.05, 0.1) is 7.11 Å². The Kier molecular flexibility index (Phi) is 4.15. The normalized spacial score (nSPS) is 18.2. The van der Waals surface area contributed by atoms with Crippen molar-refractivity contribution in [3.63, 3.8) is 0 Å².